The van der Waals surface area contributed by atoms with E-state index in [1.54, 1.807) is 11.3 Å². The molecule has 80 valence electrons. The second-order valence-corrected chi connectivity index (χ2v) is 7.62. The molecule has 0 aromatic carbocycles. The summed E-state index contributed by atoms with van der Waals surface area (Å²) in [4.78, 5) is 0. The van der Waals surface area contributed by atoms with Crippen LogP contribution in [0.15, 0.2) is 15.2 Å². The predicted molar refractivity (Wildman–Crippen MR) is 63.4 cm³/mol. The number of hydrogen-bond acceptors (Lipinski definition) is 4. The number of nitrogens with one attached hydrogen (secondary N) is 1. The van der Waals surface area contributed by atoms with Gasteiger partial charge < -0.3 is 5.32 Å². The van der Waals surface area contributed by atoms with Gasteiger partial charge in [0.25, 0.3) is 0 Å². The standard InChI is InChI=1S/C8H12BrNO2S2/c1-14(11,12)3-2-10-5-7-4-8(9)13-6-7/h4,6,10H,2-3,5H2,1H3. The van der Waals surface area contributed by atoms with E-state index in [2.05, 4.69) is 21.2 Å². The second kappa shape index (κ2) is 5.25. The Morgan fingerprint density at radius 3 is 2.79 bits per heavy atom. The topological polar surface area (TPSA) is 46.2 Å². The fourth-order valence-electron chi connectivity index (χ4n) is 0.929. The largest absolute Gasteiger partial charge is 0.312 e. The monoisotopic (exact) mass is 297 g/mol. The van der Waals surface area contributed by atoms with Gasteiger partial charge in [-0.1, -0.05) is 0 Å². The Morgan fingerprint density at radius 1 is 1.57 bits per heavy atom. The van der Waals surface area contributed by atoms with Crippen molar-refractivity contribution in [2.45, 2.75) is 6.54 Å². The summed E-state index contributed by atoms with van der Waals surface area (Å²) in [7, 11) is -2.84. The lowest BCUT2D eigenvalue weighted by Gasteiger charge is -2.01. The first-order valence-electron chi connectivity index (χ1n) is 4.09. The molecule has 1 N–H and O–H groups in total. The summed E-state index contributed by atoms with van der Waals surface area (Å²) < 4.78 is 22.7. The molecule has 0 unspecified atom stereocenters. The SMILES string of the molecule is CS(=O)(=O)CCNCc1csc(Br)c1. The van der Waals surface area contributed by atoms with Crippen LogP contribution in [0.3, 0.4) is 0 Å². The van der Waals surface area contributed by atoms with Crippen molar-refractivity contribution in [3.63, 3.8) is 0 Å². The Labute approximate surface area is 96.6 Å². The molecule has 3 nitrogen and oxygen atoms in total. The highest BCUT2D eigenvalue weighted by molar-refractivity contribution is 9.11. The number of thiophene rings is 1. The summed E-state index contributed by atoms with van der Waals surface area (Å²) in [6.07, 6.45) is 1.25. The van der Waals surface area contributed by atoms with Gasteiger partial charge in [-0.15, -0.1) is 11.3 Å². The van der Waals surface area contributed by atoms with Crippen molar-refractivity contribution in [2.75, 3.05) is 18.6 Å². The molecule has 14 heavy (non-hydrogen) atoms. The molecule has 0 aliphatic rings. The molecule has 1 aromatic rings. The number of halogens is 1. The van der Waals surface area contributed by atoms with E-state index < -0.39 is 9.84 Å². The first-order valence-corrected chi connectivity index (χ1v) is 7.82. The van der Waals surface area contributed by atoms with E-state index in [9.17, 15) is 8.42 Å². The van der Waals surface area contributed by atoms with E-state index in [1.807, 2.05) is 11.4 Å². The summed E-state index contributed by atoms with van der Waals surface area (Å²) in [6.45, 7) is 1.23. The zero-order valence-corrected chi connectivity index (χ0v) is 11.0. The minimum absolute atomic E-state index is 0.193. The van der Waals surface area contributed by atoms with Gasteiger partial charge in [-0.25, -0.2) is 8.42 Å². The van der Waals surface area contributed by atoms with E-state index in [-0.39, 0.29) is 5.75 Å². The van der Waals surface area contributed by atoms with E-state index in [4.69, 9.17) is 0 Å². The zero-order chi connectivity index (χ0) is 10.6. The van der Waals surface area contributed by atoms with Crippen molar-refractivity contribution < 1.29 is 8.42 Å². The third-order valence-electron chi connectivity index (χ3n) is 1.60. The van der Waals surface area contributed by atoms with Crippen LogP contribution in [0.4, 0.5) is 0 Å². The molecule has 1 rings (SSSR count). The number of hydrogen-bond donors (Lipinski definition) is 1. The van der Waals surface area contributed by atoms with Gasteiger partial charge in [-0.05, 0) is 32.9 Å². The maximum Gasteiger partial charge on any atom is 0.148 e. The molecule has 0 fully saturated rings. The van der Waals surface area contributed by atoms with Crippen molar-refractivity contribution >= 4 is 37.1 Å². The number of rotatable bonds is 5. The van der Waals surface area contributed by atoms with Crippen LogP contribution in [0, 0.1) is 0 Å². The van der Waals surface area contributed by atoms with Gasteiger partial charge in [0.05, 0.1) is 9.54 Å². The maximum absolute atomic E-state index is 10.8. The van der Waals surface area contributed by atoms with Crippen LogP contribution in [0.5, 0.6) is 0 Å². The maximum atomic E-state index is 10.8. The quantitative estimate of drug-likeness (QED) is 0.841. The minimum Gasteiger partial charge on any atom is -0.312 e. The van der Waals surface area contributed by atoms with Crippen molar-refractivity contribution in [3.8, 4) is 0 Å². The lowest BCUT2D eigenvalue weighted by molar-refractivity contribution is 0.596. The van der Waals surface area contributed by atoms with Crippen LogP contribution in [0.2, 0.25) is 0 Å². The molecule has 1 heterocycles. The summed E-state index contributed by atoms with van der Waals surface area (Å²) in [5.74, 6) is 0.193. The zero-order valence-electron chi connectivity index (χ0n) is 7.79. The van der Waals surface area contributed by atoms with Gasteiger partial charge in [-0.3, -0.25) is 0 Å². The highest BCUT2D eigenvalue weighted by Crippen LogP contribution is 2.20. The smallest absolute Gasteiger partial charge is 0.148 e. The van der Waals surface area contributed by atoms with Gasteiger partial charge in [0.1, 0.15) is 9.84 Å². The van der Waals surface area contributed by atoms with Crippen LogP contribution in [0.1, 0.15) is 5.56 Å². The Hall–Kier alpha value is 0.0900. The molecule has 6 heteroatoms. The molecule has 0 spiro atoms. The third-order valence-corrected chi connectivity index (χ3v) is 4.10. The molecule has 0 saturated carbocycles. The average molecular weight is 298 g/mol. The first kappa shape index (κ1) is 12.2. The van der Waals surface area contributed by atoms with Crippen LogP contribution >= 0.6 is 27.3 Å². The van der Waals surface area contributed by atoms with E-state index in [0.29, 0.717) is 6.54 Å². The molecule has 1 aromatic heterocycles. The summed E-state index contributed by atoms with van der Waals surface area (Å²) in [6, 6.07) is 2.03. The van der Waals surface area contributed by atoms with Crippen molar-refractivity contribution in [1.82, 2.24) is 5.32 Å². The Bertz CT molecular complexity index is 386. The predicted octanol–water partition coefficient (Wildman–Crippen LogP) is 1.64. The molecule has 0 radical (unpaired) electrons. The van der Waals surface area contributed by atoms with Crippen molar-refractivity contribution in [3.05, 3.63) is 20.8 Å². The molecule has 0 amide bonds. The fraction of sp³-hybridized carbons (Fsp3) is 0.500. The van der Waals surface area contributed by atoms with Crippen LogP contribution < -0.4 is 5.32 Å². The van der Waals surface area contributed by atoms with Gasteiger partial charge in [0.2, 0.25) is 0 Å². The first-order chi connectivity index (χ1) is 6.47. The second-order valence-electron chi connectivity index (χ2n) is 3.07. The van der Waals surface area contributed by atoms with Gasteiger partial charge in [0, 0.05) is 19.3 Å². The molecular weight excluding hydrogens is 286 g/mol. The van der Waals surface area contributed by atoms with E-state index in [1.165, 1.54) is 11.8 Å². The fourth-order valence-corrected chi connectivity index (χ4v) is 2.65. The lowest BCUT2D eigenvalue weighted by Crippen LogP contribution is -2.21. The van der Waals surface area contributed by atoms with Gasteiger partial charge >= 0.3 is 0 Å². The highest BCUT2D eigenvalue weighted by atomic mass is 79.9. The lowest BCUT2D eigenvalue weighted by atomic mass is 10.3. The van der Waals surface area contributed by atoms with Crippen LogP contribution in [-0.4, -0.2) is 27.0 Å². The molecule has 0 aliphatic carbocycles. The van der Waals surface area contributed by atoms with Gasteiger partial charge in [-0.2, -0.15) is 0 Å². The average Bonchev–Trinajstić information content (AvgIpc) is 2.44. The summed E-state index contributed by atoms with van der Waals surface area (Å²) >= 11 is 4.99. The Morgan fingerprint density at radius 2 is 2.29 bits per heavy atom. The molecule has 0 atom stereocenters. The Balaban J connectivity index is 2.23. The van der Waals surface area contributed by atoms with Crippen LogP contribution in [-0.2, 0) is 16.4 Å². The summed E-state index contributed by atoms with van der Waals surface area (Å²) in [5.41, 5.74) is 1.18. The van der Waals surface area contributed by atoms with Crippen LogP contribution in [0.25, 0.3) is 0 Å². The molecule has 0 bridgehead atoms. The molecular formula is C8H12BrNO2S2. The van der Waals surface area contributed by atoms with E-state index in [0.717, 1.165) is 10.3 Å². The van der Waals surface area contributed by atoms with Crippen molar-refractivity contribution in [2.24, 2.45) is 0 Å². The highest BCUT2D eigenvalue weighted by Gasteiger charge is 2.01. The third kappa shape index (κ3) is 5.09. The molecule has 0 aliphatic heterocycles. The van der Waals surface area contributed by atoms with E-state index >= 15 is 0 Å². The molecule has 0 saturated heterocycles. The summed E-state index contributed by atoms with van der Waals surface area (Å²) in [5, 5.41) is 5.12. The normalized spacial score (nSPS) is 11.9. The van der Waals surface area contributed by atoms with Crippen molar-refractivity contribution in [1.29, 1.82) is 0 Å². The van der Waals surface area contributed by atoms with Gasteiger partial charge in [0.15, 0.2) is 0 Å². The minimum atomic E-state index is -2.84. The number of sulfone groups is 1. The Kier molecular flexibility index (Phi) is 4.56.